The van der Waals surface area contributed by atoms with Gasteiger partial charge in [-0.3, -0.25) is 14.2 Å². The van der Waals surface area contributed by atoms with Crippen molar-refractivity contribution >= 4 is 56.5 Å². The van der Waals surface area contributed by atoms with E-state index in [2.05, 4.69) is 21.1 Å². The third-order valence-electron chi connectivity index (χ3n) is 6.01. The molecule has 0 aliphatic carbocycles. The van der Waals surface area contributed by atoms with Crippen molar-refractivity contribution in [1.29, 1.82) is 0 Å². The SMILES string of the molecule is C#CC=c1c(=C(C)OC)c(NS(=O)(=O)c2ccc(Cl)s2)nn1Cc1cccc(CNC(=O)C(N)CCCCN)c1. The van der Waals surface area contributed by atoms with Crippen LogP contribution in [0.15, 0.2) is 40.6 Å². The summed E-state index contributed by atoms with van der Waals surface area (Å²) in [5.74, 6) is 2.77. The van der Waals surface area contributed by atoms with Crippen LogP contribution in [-0.4, -0.2) is 43.8 Å². The molecule has 0 aliphatic rings. The first-order valence-electron chi connectivity index (χ1n) is 12.5. The maximum atomic E-state index is 13.0. The fourth-order valence-corrected chi connectivity index (χ4v) is 6.42. The molecule has 0 aliphatic heterocycles. The minimum atomic E-state index is -3.97. The van der Waals surface area contributed by atoms with Crippen LogP contribution in [0.25, 0.3) is 11.8 Å². The third-order valence-corrected chi connectivity index (χ3v) is 9.07. The summed E-state index contributed by atoms with van der Waals surface area (Å²) in [6.45, 7) is 2.83. The van der Waals surface area contributed by atoms with Gasteiger partial charge < -0.3 is 21.5 Å². The van der Waals surface area contributed by atoms with Gasteiger partial charge in [-0.15, -0.1) is 17.8 Å². The monoisotopic (exact) mass is 604 g/mol. The molecule has 10 nitrogen and oxygen atoms in total. The van der Waals surface area contributed by atoms with Crippen LogP contribution in [0.1, 0.15) is 37.3 Å². The molecule has 3 aromatic rings. The Bertz CT molecular complexity index is 1610. The van der Waals surface area contributed by atoms with Crippen molar-refractivity contribution in [2.24, 2.45) is 11.5 Å². The number of terminal acetylenes is 1. The second-order valence-electron chi connectivity index (χ2n) is 8.93. The third kappa shape index (κ3) is 8.09. The number of amides is 1. The Morgan fingerprint density at radius 2 is 2.05 bits per heavy atom. The molecule has 0 spiro atoms. The van der Waals surface area contributed by atoms with Crippen LogP contribution in [0.5, 0.6) is 0 Å². The Morgan fingerprint density at radius 1 is 1.30 bits per heavy atom. The van der Waals surface area contributed by atoms with E-state index in [9.17, 15) is 13.2 Å². The van der Waals surface area contributed by atoms with Crippen molar-refractivity contribution in [3.8, 4) is 12.3 Å². The highest BCUT2D eigenvalue weighted by atomic mass is 35.5. The number of thiophene rings is 1. The van der Waals surface area contributed by atoms with E-state index in [1.165, 1.54) is 25.3 Å². The number of sulfonamides is 1. The zero-order valence-corrected chi connectivity index (χ0v) is 24.7. The number of nitrogens with one attached hydrogen (secondary N) is 2. The fraction of sp³-hybridized carbons (Fsp3) is 0.333. The quantitative estimate of drug-likeness (QED) is 0.171. The average molecular weight is 605 g/mol. The molecule has 1 aromatic carbocycles. The maximum Gasteiger partial charge on any atom is 0.272 e. The number of carbonyl (C=O) groups excluding carboxylic acids is 1. The first-order valence-corrected chi connectivity index (χ1v) is 15.1. The normalized spacial score (nSPS) is 13.4. The first kappa shape index (κ1) is 31.2. The van der Waals surface area contributed by atoms with Crippen molar-refractivity contribution in [2.45, 2.75) is 49.5 Å². The van der Waals surface area contributed by atoms with Crippen molar-refractivity contribution in [3.63, 3.8) is 0 Å². The van der Waals surface area contributed by atoms with Crippen molar-refractivity contribution in [2.75, 3.05) is 18.4 Å². The predicted molar refractivity (Wildman–Crippen MR) is 159 cm³/mol. The Kier molecular flexibility index (Phi) is 11.2. The molecular formula is C27H33ClN6O4S2. The number of nitrogens with zero attached hydrogens (tertiary/aromatic N) is 2. The second-order valence-corrected chi connectivity index (χ2v) is 12.6. The number of halogens is 1. The largest absolute Gasteiger partial charge is 0.501 e. The van der Waals surface area contributed by atoms with E-state index < -0.39 is 16.1 Å². The Balaban J connectivity index is 1.89. The van der Waals surface area contributed by atoms with Gasteiger partial charge in [0.2, 0.25) is 5.91 Å². The molecule has 0 saturated heterocycles. The summed E-state index contributed by atoms with van der Waals surface area (Å²) < 4.78 is 36.1. The fourth-order valence-electron chi connectivity index (χ4n) is 3.93. The topological polar surface area (TPSA) is 154 Å². The highest BCUT2D eigenvalue weighted by Gasteiger charge is 2.21. The van der Waals surface area contributed by atoms with Gasteiger partial charge in [0, 0.05) is 12.6 Å². The molecule has 2 aromatic heterocycles. The van der Waals surface area contributed by atoms with Crippen molar-refractivity contribution in [1.82, 2.24) is 15.1 Å². The standard InChI is InChI=1S/C27H33ClN6O4S2/c1-4-8-22-25(18(2)38-3)26(33-40(36,37)24-13-12-23(28)39-24)32-34(22)17-20-10-7-9-19(15-20)16-31-27(35)21(30)11-5-6-14-29/h1,7-10,12-13,15,21H,5-6,11,14,16-17,29-30H2,2-3H3,(H,31,35)(H,32,33). The number of hydrogen-bond donors (Lipinski definition) is 4. The molecule has 3 rings (SSSR count). The van der Waals surface area contributed by atoms with Gasteiger partial charge >= 0.3 is 0 Å². The zero-order valence-electron chi connectivity index (χ0n) is 22.3. The molecule has 13 heteroatoms. The van der Waals surface area contributed by atoms with Gasteiger partial charge in [-0.05, 0) is 49.6 Å². The lowest BCUT2D eigenvalue weighted by Crippen LogP contribution is -2.40. The minimum absolute atomic E-state index is 0.0457. The van der Waals surface area contributed by atoms with Gasteiger partial charge in [0.1, 0.15) is 9.97 Å². The van der Waals surface area contributed by atoms with Crippen LogP contribution < -0.4 is 32.1 Å². The summed E-state index contributed by atoms with van der Waals surface area (Å²) in [4.78, 5) is 12.4. The minimum Gasteiger partial charge on any atom is -0.501 e. The number of hydrogen-bond acceptors (Lipinski definition) is 8. The maximum absolute atomic E-state index is 13.0. The van der Waals surface area contributed by atoms with Crippen LogP contribution in [0.3, 0.4) is 0 Å². The lowest BCUT2D eigenvalue weighted by atomic mass is 10.1. The van der Waals surface area contributed by atoms with E-state index in [4.69, 9.17) is 34.2 Å². The van der Waals surface area contributed by atoms with Gasteiger partial charge in [-0.2, -0.15) is 5.10 Å². The first-order chi connectivity index (χ1) is 19.1. The van der Waals surface area contributed by atoms with Gasteiger partial charge in [-0.1, -0.05) is 48.2 Å². The van der Waals surface area contributed by atoms with Crippen molar-refractivity contribution < 1.29 is 17.9 Å². The van der Waals surface area contributed by atoms with Gasteiger partial charge in [-0.25, -0.2) is 8.42 Å². The van der Waals surface area contributed by atoms with E-state index in [0.717, 1.165) is 35.3 Å². The molecule has 6 N–H and O–H groups in total. The van der Waals surface area contributed by atoms with Crippen molar-refractivity contribution in [3.05, 3.63) is 62.4 Å². The van der Waals surface area contributed by atoms with E-state index in [-0.39, 0.29) is 22.5 Å². The molecule has 0 fully saturated rings. The molecule has 1 atom stereocenters. The summed E-state index contributed by atoms with van der Waals surface area (Å²) in [5, 5.41) is 8.33. The molecule has 40 heavy (non-hydrogen) atoms. The summed E-state index contributed by atoms with van der Waals surface area (Å²) in [6, 6.07) is 9.91. The smallest absolute Gasteiger partial charge is 0.272 e. The summed E-state index contributed by atoms with van der Waals surface area (Å²) in [6.07, 6.45) is 9.30. The summed E-state index contributed by atoms with van der Waals surface area (Å²) in [7, 11) is -2.49. The average Bonchev–Trinajstić information content (AvgIpc) is 3.51. The lowest BCUT2D eigenvalue weighted by molar-refractivity contribution is -0.122. The van der Waals surface area contributed by atoms with E-state index >= 15 is 0 Å². The van der Waals surface area contributed by atoms with Crippen LogP contribution in [0.4, 0.5) is 5.82 Å². The molecule has 0 bridgehead atoms. The van der Waals surface area contributed by atoms with Crippen LogP contribution in [0, 0.1) is 12.3 Å². The number of aromatic nitrogens is 2. The summed E-state index contributed by atoms with van der Waals surface area (Å²) >= 11 is 6.88. The molecule has 2 heterocycles. The molecular weight excluding hydrogens is 572 g/mol. The number of carbonyl (C=O) groups is 1. The second kappa shape index (κ2) is 14.3. The highest BCUT2D eigenvalue weighted by molar-refractivity contribution is 7.94. The van der Waals surface area contributed by atoms with E-state index in [0.29, 0.717) is 40.2 Å². The Hall–Kier alpha value is -3.34. The Morgan fingerprint density at radius 3 is 2.70 bits per heavy atom. The number of benzene rings is 1. The van der Waals surface area contributed by atoms with Gasteiger partial charge in [0.15, 0.2) is 5.82 Å². The molecule has 0 saturated carbocycles. The van der Waals surface area contributed by atoms with Gasteiger partial charge in [0.25, 0.3) is 10.0 Å². The number of rotatable bonds is 13. The molecule has 0 radical (unpaired) electrons. The predicted octanol–water partition coefficient (Wildman–Crippen LogP) is 1.71. The van der Waals surface area contributed by atoms with E-state index in [1.807, 2.05) is 24.3 Å². The lowest BCUT2D eigenvalue weighted by Gasteiger charge is -2.12. The Labute approximate surface area is 243 Å². The molecule has 214 valence electrons. The number of ether oxygens (including phenoxy) is 1. The zero-order chi connectivity index (χ0) is 29.3. The van der Waals surface area contributed by atoms with Crippen LogP contribution in [0.2, 0.25) is 4.34 Å². The molecule has 1 amide bonds. The summed E-state index contributed by atoms with van der Waals surface area (Å²) in [5.41, 5.74) is 13.2. The number of anilines is 1. The number of methoxy groups -OCH3 is 1. The molecule has 1 unspecified atom stereocenters. The highest BCUT2D eigenvalue weighted by Crippen LogP contribution is 2.26. The van der Waals surface area contributed by atoms with E-state index in [1.54, 1.807) is 11.6 Å². The number of unbranched alkanes of at least 4 members (excludes halogenated alkanes) is 1. The van der Waals surface area contributed by atoms with Crippen LogP contribution in [-0.2, 0) is 32.6 Å². The number of nitrogens with two attached hydrogens (primary N) is 2. The van der Waals surface area contributed by atoms with Crippen LogP contribution >= 0.6 is 22.9 Å². The van der Waals surface area contributed by atoms with Gasteiger partial charge in [0.05, 0.1) is 34.6 Å².